The fourth-order valence-electron chi connectivity index (χ4n) is 2.82. The number of halogens is 1. The minimum atomic E-state index is -3.71. The Labute approximate surface area is 181 Å². The number of amides is 1. The van der Waals surface area contributed by atoms with Gasteiger partial charge in [-0.25, -0.2) is 8.42 Å². The van der Waals surface area contributed by atoms with Gasteiger partial charge in [0.25, 0.3) is 0 Å². The van der Waals surface area contributed by atoms with Gasteiger partial charge in [0.1, 0.15) is 6.54 Å². The average Bonchev–Trinajstić information content (AvgIpc) is 2.70. The van der Waals surface area contributed by atoms with Crippen molar-refractivity contribution in [3.8, 4) is 17.2 Å². The normalized spacial score (nSPS) is 11.0. The maximum atomic E-state index is 12.5. The maximum Gasteiger partial charge on any atom is 0.241 e. The fourth-order valence-corrected chi connectivity index (χ4v) is 3.84. The number of hydrogen-bond donors (Lipinski definition) is 1. The molecule has 0 unspecified atom stereocenters. The lowest BCUT2D eigenvalue weighted by molar-refractivity contribution is -0.119. The minimum Gasteiger partial charge on any atom is -0.493 e. The van der Waals surface area contributed by atoms with Crippen molar-refractivity contribution >= 4 is 33.2 Å². The van der Waals surface area contributed by atoms with Crippen LogP contribution < -0.4 is 23.8 Å². The molecule has 164 valence electrons. The van der Waals surface area contributed by atoms with E-state index in [0.717, 1.165) is 16.1 Å². The van der Waals surface area contributed by atoms with E-state index in [1.165, 1.54) is 27.4 Å². The number of aryl methyl sites for hydroxylation is 1. The van der Waals surface area contributed by atoms with Gasteiger partial charge in [-0.05, 0) is 36.8 Å². The smallest absolute Gasteiger partial charge is 0.241 e. The van der Waals surface area contributed by atoms with Crippen LogP contribution in [0.15, 0.2) is 30.3 Å². The summed E-state index contributed by atoms with van der Waals surface area (Å²) in [4.78, 5) is 12.5. The van der Waals surface area contributed by atoms with Gasteiger partial charge in [0.05, 0.1) is 33.3 Å². The number of sulfonamides is 1. The molecule has 2 aromatic carbocycles. The summed E-state index contributed by atoms with van der Waals surface area (Å²) in [5.41, 5.74) is 1.76. The van der Waals surface area contributed by atoms with Gasteiger partial charge in [-0.3, -0.25) is 9.10 Å². The van der Waals surface area contributed by atoms with Gasteiger partial charge in [-0.1, -0.05) is 17.7 Å². The lowest BCUT2D eigenvalue weighted by Crippen LogP contribution is -2.40. The molecule has 0 aliphatic carbocycles. The van der Waals surface area contributed by atoms with Crippen molar-refractivity contribution in [2.24, 2.45) is 0 Å². The van der Waals surface area contributed by atoms with Crippen LogP contribution in [0.1, 0.15) is 11.1 Å². The maximum absolute atomic E-state index is 12.5. The summed E-state index contributed by atoms with van der Waals surface area (Å²) >= 11 is 6.11. The molecule has 1 N–H and O–H groups in total. The predicted octanol–water partition coefficient (Wildman–Crippen LogP) is 2.76. The van der Waals surface area contributed by atoms with Crippen LogP contribution in [0.25, 0.3) is 0 Å². The Balaban J connectivity index is 2.20. The number of rotatable bonds is 9. The number of carbonyl (C=O) groups excluding carboxylic acids is 1. The molecule has 0 heterocycles. The first-order chi connectivity index (χ1) is 14.1. The highest BCUT2D eigenvalue weighted by Crippen LogP contribution is 2.39. The molecule has 0 radical (unpaired) electrons. The molecule has 0 aromatic heterocycles. The zero-order chi connectivity index (χ0) is 22.5. The molecular weight excluding hydrogens is 432 g/mol. The van der Waals surface area contributed by atoms with E-state index in [1.54, 1.807) is 31.2 Å². The van der Waals surface area contributed by atoms with Crippen molar-refractivity contribution in [1.29, 1.82) is 0 Å². The number of nitrogens with one attached hydrogen (secondary N) is 1. The van der Waals surface area contributed by atoms with E-state index in [0.29, 0.717) is 33.5 Å². The van der Waals surface area contributed by atoms with Crippen molar-refractivity contribution in [3.63, 3.8) is 0 Å². The van der Waals surface area contributed by atoms with Gasteiger partial charge in [0.15, 0.2) is 11.5 Å². The van der Waals surface area contributed by atoms with Gasteiger partial charge >= 0.3 is 0 Å². The summed E-state index contributed by atoms with van der Waals surface area (Å²) in [6.45, 7) is 1.52. The van der Waals surface area contributed by atoms with Gasteiger partial charge in [0, 0.05) is 17.1 Å². The summed E-state index contributed by atoms with van der Waals surface area (Å²) in [6, 6.07) is 8.24. The highest BCUT2D eigenvalue weighted by molar-refractivity contribution is 7.92. The second-order valence-corrected chi connectivity index (χ2v) is 8.79. The third-order valence-electron chi connectivity index (χ3n) is 4.39. The Morgan fingerprint density at radius 2 is 1.73 bits per heavy atom. The summed E-state index contributed by atoms with van der Waals surface area (Å²) in [6.07, 6.45) is 1.03. The third kappa shape index (κ3) is 5.48. The van der Waals surface area contributed by atoms with E-state index in [4.69, 9.17) is 25.8 Å². The Hall–Kier alpha value is -2.65. The number of ether oxygens (including phenoxy) is 3. The van der Waals surface area contributed by atoms with Crippen molar-refractivity contribution in [2.75, 3.05) is 38.4 Å². The molecule has 0 saturated carbocycles. The van der Waals surface area contributed by atoms with Crippen molar-refractivity contribution in [2.45, 2.75) is 13.5 Å². The highest BCUT2D eigenvalue weighted by atomic mass is 35.5. The van der Waals surface area contributed by atoms with Crippen LogP contribution in [-0.2, 0) is 21.4 Å². The Morgan fingerprint density at radius 3 is 2.27 bits per heavy atom. The summed E-state index contributed by atoms with van der Waals surface area (Å²) < 4.78 is 41.5. The first kappa shape index (κ1) is 23.6. The quantitative estimate of drug-likeness (QED) is 0.623. The Morgan fingerprint density at radius 1 is 1.07 bits per heavy atom. The third-order valence-corrected chi connectivity index (χ3v) is 5.94. The number of nitrogens with zero attached hydrogens (tertiary/aromatic N) is 1. The molecule has 0 saturated heterocycles. The molecular formula is C20H25ClN2O6S. The molecule has 0 aliphatic heterocycles. The first-order valence-electron chi connectivity index (χ1n) is 8.90. The molecule has 1 amide bonds. The van der Waals surface area contributed by atoms with Gasteiger partial charge < -0.3 is 19.5 Å². The van der Waals surface area contributed by atoms with E-state index in [9.17, 15) is 13.2 Å². The predicted molar refractivity (Wildman–Crippen MR) is 116 cm³/mol. The largest absolute Gasteiger partial charge is 0.493 e. The summed E-state index contributed by atoms with van der Waals surface area (Å²) in [5, 5.41) is 3.12. The molecule has 0 bridgehead atoms. The minimum absolute atomic E-state index is 0.106. The van der Waals surface area contributed by atoms with Crippen molar-refractivity contribution in [3.05, 3.63) is 46.5 Å². The molecule has 10 heteroatoms. The Bertz CT molecular complexity index is 1030. The van der Waals surface area contributed by atoms with E-state index in [2.05, 4.69) is 5.32 Å². The number of hydrogen-bond acceptors (Lipinski definition) is 6. The van der Waals surface area contributed by atoms with Crippen LogP contribution in [0, 0.1) is 6.92 Å². The first-order valence-corrected chi connectivity index (χ1v) is 11.1. The van der Waals surface area contributed by atoms with Gasteiger partial charge in [-0.2, -0.15) is 0 Å². The van der Waals surface area contributed by atoms with E-state index >= 15 is 0 Å². The SMILES string of the molecule is COc1ccc(CNC(=O)CN(c2ccc(C)c(Cl)c2)S(C)(=O)=O)c(OC)c1OC. The number of carbonyl (C=O) groups is 1. The standard InChI is InChI=1S/C20H25ClN2O6S/c1-13-6-8-15(10-16(13)21)23(30(5,25)26)12-18(24)22-11-14-7-9-17(27-2)20(29-4)19(14)28-3/h6-10H,11-12H2,1-5H3,(H,22,24). The lowest BCUT2D eigenvalue weighted by atomic mass is 10.1. The lowest BCUT2D eigenvalue weighted by Gasteiger charge is -2.22. The van der Waals surface area contributed by atoms with Crippen LogP contribution in [0.4, 0.5) is 5.69 Å². The molecule has 0 atom stereocenters. The average molecular weight is 457 g/mol. The van der Waals surface area contributed by atoms with Crippen LogP contribution in [-0.4, -0.2) is 48.5 Å². The molecule has 2 rings (SSSR count). The summed E-state index contributed by atoms with van der Waals surface area (Å²) in [5.74, 6) is 0.819. The van der Waals surface area contributed by atoms with Crippen LogP contribution >= 0.6 is 11.6 Å². The highest BCUT2D eigenvalue weighted by Gasteiger charge is 2.22. The van der Waals surface area contributed by atoms with E-state index in [1.807, 2.05) is 0 Å². The molecule has 0 aliphatic rings. The number of methoxy groups -OCH3 is 3. The monoisotopic (exact) mass is 456 g/mol. The second kappa shape index (κ2) is 9.90. The number of anilines is 1. The van der Waals surface area contributed by atoms with Crippen LogP contribution in [0.5, 0.6) is 17.2 Å². The van der Waals surface area contributed by atoms with Crippen molar-refractivity contribution in [1.82, 2.24) is 5.32 Å². The number of benzene rings is 2. The molecule has 0 spiro atoms. The fraction of sp³-hybridized carbons (Fsp3) is 0.350. The van der Waals surface area contributed by atoms with E-state index < -0.39 is 22.5 Å². The van der Waals surface area contributed by atoms with Crippen molar-refractivity contribution < 1.29 is 27.4 Å². The Kier molecular flexibility index (Phi) is 7.80. The van der Waals surface area contributed by atoms with Gasteiger partial charge in [-0.15, -0.1) is 0 Å². The molecule has 30 heavy (non-hydrogen) atoms. The zero-order valence-corrected chi connectivity index (χ0v) is 19.1. The topological polar surface area (TPSA) is 94.2 Å². The van der Waals surface area contributed by atoms with Crippen LogP contribution in [0.2, 0.25) is 5.02 Å². The van der Waals surface area contributed by atoms with Crippen LogP contribution in [0.3, 0.4) is 0 Å². The summed E-state index contributed by atoms with van der Waals surface area (Å²) in [7, 11) is 0.771. The molecule has 2 aromatic rings. The van der Waals surface area contributed by atoms with E-state index in [-0.39, 0.29) is 6.54 Å². The second-order valence-electron chi connectivity index (χ2n) is 6.47. The van der Waals surface area contributed by atoms with Gasteiger partial charge in [0.2, 0.25) is 21.7 Å². The molecule has 0 fully saturated rings. The zero-order valence-electron chi connectivity index (χ0n) is 17.5. The molecule has 8 nitrogen and oxygen atoms in total.